The van der Waals surface area contributed by atoms with E-state index in [2.05, 4.69) is 23.9 Å². The molecule has 0 radical (unpaired) electrons. The number of aldehydes is 1. The van der Waals surface area contributed by atoms with Crippen LogP contribution in [0.25, 0.3) is 10.6 Å². The zero-order chi connectivity index (χ0) is 17.1. The predicted octanol–water partition coefficient (Wildman–Crippen LogP) is 3.68. The van der Waals surface area contributed by atoms with Gasteiger partial charge in [0.25, 0.3) is 0 Å². The fraction of sp³-hybridized carbons (Fsp3) is 0.235. The molecule has 24 heavy (non-hydrogen) atoms. The minimum Gasteiger partial charge on any atom is -0.507 e. The summed E-state index contributed by atoms with van der Waals surface area (Å²) in [5.74, 6) is 0.236. The van der Waals surface area contributed by atoms with Gasteiger partial charge in [0.05, 0.1) is 27.3 Å². The summed E-state index contributed by atoms with van der Waals surface area (Å²) in [7, 11) is 0. The fourth-order valence-corrected chi connectivity index (χ4v) is 3.22. The molecular formula is C17H17N3O3S. The lowest BCUT2D eigenvalue weighted by molar-refractivity contribution is 0.111. The lowest BCUT2D eigenvalue weighted by atomic mass is 10.2. The highest BCUT2D eigenvalue weighted by molar-refractivity contribution is 7.13. The van der Waals surface area contributed by atoms with Crippen LogP contribution in [0.3, 0.4) is 0 Å². The molecule has 0 fully saturated rings. The molecule has 3 aromatic rings. The van der Waals surface area contributed by atoms with Crippen molar-refractivity contribution in [3.05, 3.63) is 47.2 Å². The van der Waals surface area contributed by atoms with Crippen LogP contribution in [0.4, 0.5) is 0 Å². The van der Waals surface area contributed by atoms with Crippen LogP contribution in [0, 0.1) is 0 Å². The van der Waals surface area contributed by atoms with Gasteiger partial charge in [0.1, 0.15) is 18.1 Å². The number of aromatic hydroxyl groups is 1. The van der Waals surface area contributed by atoms with E-state index in [9.17, 15) is 9.90 Å². The largest absolute Gasteiger partial charge is 0.507 e. The Morgan fingerprint density at radius 2 is 2.21 bits per heavy atom. The second kappa shape index (κ2) is 6.84. The average molecular weight is 343 g/mol. The van der Waals surface area contributed by atoms with Gasteiger partial charge in [-0.25, -0.2) is 4.98 Å². The summed E-state index contributed by atoms with van der Waals surface area (Å²) in [6.07, 6.45) is 2.35. The summed E-state index contributed by atoms with van der Waals surface area (Å²) in [6.45, 7) is 4.33. The number of carbonyl (C=O) groups excluding carboxylic acids is 1. The van der Waals surface area contributed by atoms with Gasteiger partial charge < -0.3 is 9.84 Å². The molecule has 0 bridgehead atoms. The minimum absolute atomic E-state index is 0.0983. The van der Waals surface area contributed by atoms with Gasteiger partial charge in [-0.1, -0.05) is 6.07 Å². The van der Waals surface area contributed by atoms with E-state index < -0.39 is 0 Å². The van der Waals surface area contributed by atoms with Gasteiger partial charge in [0.15, 0.2) is 6.29 Å². The van der Waals surface area contributed by atoms with E-state index in [0.717, 1.165) is 16.3 Å². The molecule has 1 N–H and O–H groups in total. The quantitative estimate of drug-likeness (QED) is 0.691. The molecule has 7 heteroatoms. The topological polar surface area (TPSA) is 77.2 Å². The first-order chi connectivity index (χ1) is 11.6. The predicted molar refractivity (Wildman–Crippen MR) is 91.5 cm³/mol. The van der Waals surface area contributed by atoms with Crippen LogP contribution in [-0.4, -0.2) is 26.2 Å². The Morgan fingerprint density at radius 3 is 2.96 bits per heavy atom. The highest BCUT2D eigenvalue weighted by Gasteiger charge is 2.16. The van der Waals surface area contributed by atoms with Gasteiger partial charge >= 0.3 is 0 Å². The number of ether oxygens (including phenoxy) is 1. The third-order valence-electron chi connectivity index (χ3n) is 3.56. The number of phenolic OH excluding ortho intramolecular Hbond substituents is 1. The van der Waals surface area contributed by atoms with E-state index in [4.69, 9.17) is 4.74 Å². The number of rotatable bonds is 6. The van der Waals surface area contributed by atoms with Crippen molar-refractivity contribution in [2.75, 3.05) is 0 Å². The van der Waals surface area contributed by atoms with Crippen LogP contribution in [0.2, 0.25) is 0 Å². The Kier molecular flexibility index (Phi) is 4.61. The standard InChI is InChI=1S/C17H17N3O3S/c1-11(2)20-14(6-7-19-20)17-13(18-10-24-17)9-23-16-5-3-4-15(22)12(16)8-21/h3-8,10-11,22H,9H2,1-2H3. The number of aromatic nitrogens is 3. The van der Waals surface area contributed by atoms with Gasteiger partial charge in [-0.3, -0.25) is 9.48 Å². The number of carbonyl (C=O) groups is 1. The molecular weight excluding hydrogens is 326 g/mol. The Morgan fingerprint density at radius 1 is 1.38 bits per heavy atom. The summed E-state index contributed by atoms with van der Waals surface area (Å²) < 4.78 is 7.65. The second-order valence-corrected chi connectivity index (χ2v) is 6.33. The van der Waals surface area contributed by atoms with Gasteiger partial charge in [-0.15, -0.1) is 11.3 Å². The molecule has 3 rings (SSSR count). The van der Waals surface area contributed by atoms with Crippen LogP contribution >= 0.6 is 11.3 Å². The number of hydrogen-bond acceptors (Lipinski definition) is 6. The molecule has 0 amide bonds. The lowest BCUT2D eigenvalue weighted by Crippen LogP contribution is -2.06. The number of thiazole rings is 1. The highest BCUT2D eigenvalue weighted by atomic mass is 32.1. The van der Waals surface area contributed by atoms with E-state index in [1.54, 1.807) is 23.8 Å². The van der Waals surface area contributed by atoms with E-state index in [1.165, 1.54) is 17.4 Å². The van der Waals surface area contributed by atoms with Crippen LogP contribution in [0.1, 0.15) is 35.9 Å². The van der Waals surface area contributed by atoms with E-state index in [0.29, 0.717) is 12.0 Å². The smallest absolute Gasteiger partial charge is 0.157 e. The van der Waals surface area contributed by atoms with Crippen molar-refractivity contribution in [3.8, 4) is 22.1 Å². The molecule has 0 aliphatic rings. The van der Waals surface area contributed by atoms with Gasteiger partial charge in [-0.05, 0) is 32.0 Å². The third-order valence-corrected chi connectivity index (χ3v) is 4.45. The van der Waals surface area contributed by atoms with Gasteiger partial charge in [0, 0.05) is 12.2 Å². The van der Waals surface area contributed by atoms with E-state index in [-0.39, 0.29) is 24.0 Å². The van der Waals surface area contributed by atoms with Crippen molar-refractivity contribution >= 4 is 17.6 Å². The highest BCUT2D eigenvalue weighted by Crippen LogP contribution is 2.31. The zero-order valence-corrected chi connectivity index (χ0v) is 14.2. The Bertz CT molecular complexity index is 854. The average Bonchev–Trinajstić information content (AvgIpc) is 3.21. The second-order valence-electron chi connectivity index (χ2n) is 5.48. The van der Waals surface area contributed by atoms with E-state index in [1.807, 2.05) is 10.7 Å². The first kappa shape index (κ1) is 16.2. The molecule has 124 valence electrons. The lowest BCUT2D eigenvalue weighted by Gasteiger charge is -2.12. The van der Waals surface area contributed by atoms with Crippen LogP contribution < -0.4 is 4.74 Å². The molecule has 0 spiro atoms. The van der Waals surface area contributed by atoms with Crippen molar-refractivity contribution in [2.24, 2.45) is 0 Å². The van der Waals surface area contributed by atoms with Crippen molar-refractivity contribution in [2.45, 2.75) is 26.5 Å². The van der Waals surface area contributed by atoms with E-state index >= 15 is 0 Å². The van der Waals surface area contributed by atoms with Crippen molar-refractivity contribution in [3.63, 3.8) is 0 Å². The Labute approximate surface area is 143 Å². The summed E-state index contributed by atoms with van der Waals surface area (Å²) in [6, 6.07) is 6.91. The molecule has 2 heterocycles. The third kappa shape index (κ3) is 3.03. The number of phenols is 1. The number of benzene rings is 1. The maximum absolute atomic E-state index is 11.1. The number of hydrogen-bond donors (Lipinski definition) is 1. The Hall–Kier alpha value is -2.67. The Balaban J connectivity index is 1.86. The van der Waals surface area contributed by atoms with Crippen LogP contribution in [0.15, 0.2) is 36.0 Å². The molecule has 0 unspecified atom stereocenters. The zero-order valence-electron chi connectivity index (χ0n) is 13.3. The van der Waals surface area contributed by atoms with Gasteiger partial charge in [-0.2, -0.15) is 5.10 Å². The first-order valence-electron chi connectivity index (χ1n) is 7.48. The number of nitrogens with zero attached hydrogens (tertiary/aromatic N) is 3. The summed E-state index contributed by atoms with van der Waals surface area (Å²) in [4.78, 5) is 16.5. The molecule has 2 aromatic heterocycles. The molecule has 1 aromatic carbocycles. The van der Waals surface area contributed by atoms with Crippen molar-refractivity contribution in [1.29, 1.82) is 0 Å². The molecule has 0 saturated carbocycles. The summed E-state index contributed by atoms with van der Waals surface area (Å²) in [5.41, 5.74) is 3.65. The molecule has 0 aliphatic carbocycles. The SMILES string of the molecule is CC(C)n1nccc1-c1scnc1COc1cccc(O)c1C=O. The fourth-order valence-electron chi connectivity index (χ4n) is 2.41. The molecule has 0 saturated heterocycles. The monoisotopic (exact) mass is 343 g/mol. The maximum Gasteiger partial charge on any atom is 0.157 e. The van der Waals surface area contributed by atoms with Crippen molar-refractivity contribution < 1.29 is 14.6 Å². The van der Waals surface area contributed by atoms with Crippen molar-refractivity contribution in [1.82, 2.24) is 14.8 Å². The summed E-state index contributed by atoms with van der Waals surface area (Å²) >= 11 is 1.52. The minimum atomic E-state index is -0.0983. The van der Waals surface area contributed by atoms with Crippen LogP contribution in [-0.2, 0) is 6.61 Å². The maximum atomic E-state index is 11.1. The molecule has 0 atom stereocenters. The van der Waals surface area contributed by atoms with Gasteiger partial charge in [0.2, 0.25) is 0 Å². The summed E-state index contributed by atoms with van der Waals surface area (Å²) in [5, 5.41) is 14.1. The molecule has 0 aliphatic heterocycles. The molecule has 6 nitrogen and oxygen atoms in total. The first-order valence-corrected chi connectivity index (χ1v) is 8.36. The van der Waals surface area contributed by atoms with Crippen LogP contribution in [0.5, 0.6) is 11.5 Å². The normalized spacial score (nSPS) is 11.0.